The normalized spacial score (nSPS) is 19.4. The van der Waals surface area contributed by atoms with Crippen molar-refractivity contribution in [1.82, 2.24) is 14.9 Å². The maximum absolute atomic E-state index is 11.7. The zero-order chi connectivity index (χ0) is 21.4. The summed E-state index contributed by atoms with van der Waals surface area (Å²) in [6, 6.07) is 8.22. The molecule has 1 aliphatic rings. The fourth-order valence-corrected chi connectivity index (χ4v) is 4.11. The highest BCUT2D eigenvalue weighted by molar-refractivity contribution is 7.88. The van der Waals surface area contributed by atoms with Crippen molar-refractivity contribution < 1.29 is 13.2 Å². The minimum atomic E-state index is -3.11. The molecule has 0 radical (unpaired) electrons. The highest BCUT2D eigenvalue weighted by atomic mass is 32.2. The Labute approximate surface area is 176 Å². The van der Waals surface area contributed by atoms with Gasteiger partial charge in [0.1, 0.15) is 5.75 Å². The molecule has 2 atom stereocenters. The van der Waals surface area contributed by atoms with Crippen LogP contribution in [0.4, 0.5) is 0 Å². The summed E-state index contributed by atoms with van der Waals surface area (Å²) >= 11 is 0. The number of guanidine groups is 1. The van der Waals surface area contributed by atoms with Crippen LogP contribution in [0.1, 0.15) is 45.7 Å². The van der Waals surface area contributed by atoms with E-state index in [1.807, 2.05) is 19.1 Å². The number of hydrogen-bond donors (Lipinski definition) is 2. The lowest BCUT2D eigenvalue weighted by Gasteiger charge is -2.19. The van der Waals surface area contributed by atoms with Crippen LogP contribution in [0, 0.1) is 11.8 Å². The van der Waals surface area contributed by atoms with Crippen LogP contribution in [0.5, 0.6) is 5.75 Å². The van der Waals surface area contributed by atoms with Crippen molar-refractivity contribution in [1.29, 1.82) is 0 Å². The molecule has 1 fully saturated rings. The first kappa shape index (κ1) is 23.5. The van der Waals surface area contributed by atoms with Crippen LogP contribution < -0.4 is 15.4 Å². The molecule has 7 nitrogen and oxygen atoms in total. The monoisotopic (exact) mass is 424 g/mol. The number of ether oxygens (including phenoxy) is 1. The van der Waals surface area contributed by atoms with Gasteiger partial charge in [-0.3, -0.25) is 4.99 Å². The summed E-state index contributed by atoms with van der Waals surface area (Å²) < 4.78 is 30.6. The van der Waals surface area contributed by atoms with Gasteiger partial charge in [0.05, 0.1) is 18.9 Å². The van der Waals surface area contributed by atoms with Crippen LogP contribution in [0.3, 0.4) is 0 Å². The number of nitrogens with one attached hydrogen (secondary N) is 2. The second-order valence-corrected chi connectivity index (χ2v) is 10.1. The van der Waals surface area contributed by atoms with Crippen molar-refractivity contribution in [2.45, 2.75) is 40.2 Å². The van der Waals surface area contributed by atoms with Gasteiger partial charge in [0.15, 0.2) is 5.96 Å². The number of aliphatic imine (C=N–C) groups is 1. The third kappa shape index (κ3) is 7.85. The minimum absolute atomic E-state index is 0.0862. The van der Waals surface area contributed by atoms with Gasteiger partial charge in [0.2, 0.25) is 10.0 Å². The number of benzene rings is 1. The van der Waals surface area contributed by atoms with E-state index in [9.17, 15) is 8.42 Å². The second-order valence-electron chi connectivity index (χ2n) is 8.14. The summed E-state index contributed by atoms with van der Waals surface area (Å²) in [5.41, 5.74) is 1.15. The maximum atomic E-state index is 11.7. The van der Waals surface area contributed by atoms with Crippen LogP contribution in [-0.4, -0.2) is 57.7 Å². The van der Waals surface area contributed by atoms with Crippen LogP contribution in [0.25, 0.3) is 0 Å². The summed E-state index contributed by atoms with van der Waals surface area (Å²) in [7, 11) is -3.11. The van der Waals surface area contributed by atoms with Crippen molar-refractivity contribution in [3.8, 4) is 5.75 Å². The molecule has 0 aliphatic carbocycles. The Morgan fingerprint density at radius 1 is 1.28 bits per heavy atom. The van der Waals surface area contributed by atoms with E-state index in [2.05, 4.69) is 43.5 Å². The molecule has 0 aromatic heterocycles. The second kappa shape index (κ2) is 10.8. The first-order chi connectivity index (χ1) is 13.7. The van der Waals surface area contributed by atoms with E-state index >= 15 is 0 Å². The number of sulfonamides is 1. The highest BCUT2D eigenvalue weighted by Gasteiger charge is 2.28. The van der Waals surface area contributed by atoms with Crippen molar-refractivity contribution >= 4 is 16.0 Å². The molecule has 1 aromatic carbocycles. The van der Waals surface area contributed by atoms with Gasteiger partial charge in [0.25, 0.3) is 0 Å². The molecule has 1 aliphatic heterocycles. The van der Waals surface area contributed by atoms with Crippen LogP contribution in [0.2, 0.25) is 0 Å². The Bertz CT molecular complexity index is 763. The molecule has 164 valence electrons. The van der Waals surface area contributed by atoms with E-state index in [0.717, 1.165) is 30.2 Å². The predicted octanol–water partition coefficient (Wildman–Crippen LogP) is 2.62. The van der Waals surface area contributed by atoms with Gasteiger partial charge < -0.3 is 15.4 Å². The molecule has 1 heterocycles. The molecule has 2 unspecified atom stereocenters. The van der Waals surface area contributed by atoms with Crippen molar-refractivity contribution in [2.24, 2.45) is 16.8 Å². The first-order valence-corrected chi connectivity index (χ1v) is 12.3. The lowest BCUT2D eigenvalue weighted by molar-refractivity contribution is 0.271. The summed E-state index contributed by atoms with van der Waals surface area (Å²) in [5.74, 6) is 2.39. The lowest BCUT2D eigenvalue weighted by atomic mass is 10.1. The van der Waals surface area contributed by atoms with Gasteiger partial charge in [-0.1, -0.05) is 26.0 Å². The van der Waals surface area contributed by atoms with Crippen LogP contribution in [0.15, 0.2) is 29.3 Å². The molecule has 8 heteroatoms. The third-order valence-corrected chi connectivity index (χ3v) is 6.16. The van der Waals surface area contributed by atoms with E-state index in [-0.39, 0.29) is 12.0 Å². The Kier molecular flexibility index (Phi) is 8.77. The van der Waals surface area contributed by atoms with Gasteiger partial charge >= 0.3 is 0 Å². The average molecular weight is 425 g/mol. The molecule has 2 rings (SSSR count). The van der Waals surface area contributed by atoms with Gasteiger partial charge in [-0.25, -0.2) is 12.7 Å². The van der Waals surface area contributed by atoms with Crippen molar-refractivity contribution in [3.05, 3.63) is 29.8 Å². The van der Waals surface area contributed by atoms with E-state index < -0.39 is 10.0 Å². The number of nitrogens with zero attached hydrogens (tertiary/aromatic N) is 2. The van der Waals surface area contributed by atoms with Gasteiger partial charge in [-0.2, -0.15) is 0 Å². The molecule has 0 amide bonds. The first-order valence-electron chi connectivity index (χ1n) is 10.4. The van der Waals surface area contributed by atoms with Gasteiger partial charge in [-0.15, -0.1) is 0 Å². The molecular formula is C21H36N4O3S. The molecule has 2 N–H and O–H groups in total. The van der Waals surface area contributed by atoms with Crippen molar-refractivity contribution in [2.75, 3.05) is 39.0 Å². The Morgan fingerprint density at radius 2 is 1.97 bits per heavy atom. The number of rotatable bonds is 9. The molecule has 1 aromatic rings. The summed E-state index contributed by atoms with van der Waals surface area (Å²) in [5, 5.41) is 6.71. The lowest BCUT2D eigenvalue weighted by Crippen LogP contribution is -2.39. The fourth-order valence-electron chi connectivity index (χ4n) is 3.19. The van der Waals surface area contributed by atoms with Crippen LogP contribution >= 0.6 is 0 Å². The molecule has 1 saturated heterocycles. The predicted molar refractivity (Wildman–Crippen MR) is 119 cm³/mol. The molecule has 0 saturated carbocycles. The quantitative estimate of drug-likeness (QED) is 0.470. The Hall–Kier alpha value is -1.80. The van der Waals surface area contributed by atoms with E-state index in [4.69, 9.17) is 9.73 Å². The molecule has 0 spiro atoms. The zero-order valence-corrected chi connectivity index (χ0v) is 19.1. The SMILES string of the molecule is CCNC(=NCC1CCN(S(C)(=O)=O)C1)NC(C)c1ccc(OCC(C)C)cc1. The van der Waals surface area contributed by atoms with Crippen LogP contribution in [-0.2, 0) is 10.0 Å². The molecule has 0 bridgehead atoms. The fraction of sp³-hybridized carbons (Fsp3) is 0.667. The Balaban J connectivity index is 1.92. The van der Waals surface area contributed by atoms with E-state index in [1.165, 1.54) is 6.26 Å². The standard InChI is InChI=1S/C21H36N4O3S/c1-6-22-21(23-13-18-11-12-25(14-18)29(5,26)27)24-17(4)19-7-9-20(10-8-19)28-15-16(2)3/h7-10,16-18H,6,11-15H2,1-5H3,(H2,22,23,24). The topological polar surface area (TPSA) is 83.0 Å². The largest absolute Gasteiger partial charge is 0.493 e. The summed E-state index contributed by atoms with van der Waals surface area (Å²) in [4.78, 5) is 4.69. The minimum Gasteiger partial charge on any atom is -0.493 e. The Morgan fingerprint density at radius 3 is 2.52 bits per heavy atom. The van der Waals surface area contributed by atoms with E-state index in [0.29, 0.717) is 32.2 Å². The number of hydrogen-bond acceptors (Lipinski definition) is 4. The maximum Gasteiger partial charge on any atom is 0.211 e. The zero-order valence-electron chi connectivity index (χ0n) is 18.3. The average Bonchev–Trinajstić information content (AvgIpc) is 3.14. The van der Waals surface area contributed by atoms with Gasteiger partial charge in [-0.05, 0) is 49.8 Å². The summed E-state index contributed by atoms with van der Waals surface area (Å²) in [6.45, 7) is 11.6. The van der Waals surface area contributed by atoms with Gasteiger partial charge in [0, 0.05) is 26.2 Å². The molecule has 29 heavy (non-hydrogen) atoms. The van der Waals surface area contributed by atoms with E-state index in [1.54, 1.807) is 4.31 Å². The third-order valence-electron chi connectivity index (χ3n) is 4.89. The van der Waals surface area contributed by atoms with Crippen molar-refractivity contribution in [3.63, 3.8) is 0 Å². The molecular weight excluding hydrogens is 388 g/mol. The smallest absolute Gasteiger partial charge is 0.211 e. The highest BCUT2D eigenvalue weighted by Crippen LogP contribution is 2.20. The summed E-state index contributed by atoms with van der Waals surface area (Å²) in [6.07, 6.45) is 2.12.